The van der Waals surface area contributed by atoms with E-state index < -0.39 is 22.5 Å². The maximum atomic E-state index is 13.7. The molecule has 0 unspecified atom stereocenters. The Balaban J connectivity index is 1.90. The maximum Gasteiger partial charge on any atom is 0.265 e. The van der Waals surface area contributed by atoms with E-state index in [2.05, 4.69) is 11.9 Å². The number of carbonyl (C=O) groups excluding carboxylic acids is 1. The number of nitrogens with one attached hydrogen (secondary N) is 1. The van der Waals surface area contributed by atoms with Gasteiger partial charge in [0, 0.05) is 6.54 Å². The Kier molecular flexibility index (Phi) is 8.33. The highest BCUT2D eigenvalue weighted by Crippen LogP contribution is 2.32. The minimum absolute atomic E-state index is 0.113. The van der Waals surface area contributed by atoms with E-state index in [-0.39, 0.29) is 17.1 Å². The summed E-state index contributed by atoms with van der Waals surface area (Å²) in [6.45, 7) is 5.37. The van der Waals surface area contributed by atoms with Crippen LogP contribution in [0.3, 0.4) is 0 Å². The lowest BCUT2D eigenvalue weighted by Gasteiger charge is -2.26. The van der Waals surface area contributed by atoms with Crippen molar-refractivity contribution in [3.8, 4) is 5.75 Å². The lowest BCUT2D eigenvalue weighted by Crippen LogP contribution is -2.41. The average Bonchev–Trinajstić information content (AvgIpc) is 2.86. The first-order chi connectivity index (χ1) is 16.8. The van der Waals surface area contributed by atoms with Crippen molar-refractivity contribution in [2.45, 2.75) is 11.8 Å². The van der Waals surface area contributed by atoms with Crippen LogP contribution in [0.15, 0.2) is 89.5 Å². The number of hydrogen-bond acceptors (Lipinski definition) is 5. The summed E-state index contributed by atoms with van der Waals surface area (Å²) >= 11 is 0. The van der Waals surface area contributed by atoms with E-state index in [4.69, 9.17) is 10.5 Å². The number of methoxy groups -OCH3 is 1. The van der Waals surface area contributed by atoms with Gasteiger partial charge in [-0.2, -0.15) is 0 Å². The molecule has 0 aliphatic heterocycles. The Morgan fingerprint density at radius 1 is 1.06 bits per heavy atom. The molecule has 0 heterocycles. The predicted molar refractivity (Wildman–Crippen MR) is 140 cm³/mol. The molecule has 0 fully saturated rings. The monoisotopic (exact) mass is 491 g/mol. The van der Waals surface area contributed by atoms with Crippen molar-refractivity contribution in [1.29, 1.82) is 0 Å². The van der Waals surface area contributed by atoms with Gasteiger partial charge in [-0.05, 0) is 59.0 Å². The SMILES string of the molecule is C=c1cccc/c1=C/C(=C\N)CNC(=O)CN(c1ccccc1OC)S(=O)(=O)c1ccccc1C. The number of ether oxygens (including phenoxy) is 1. The smallest absolute Gasteiger partial charge is 0.265 e. The highest BCUT2D eigenvalue weighted by Gasteiger charge is 2.30. The van der Waals surface area contributed by atoms with E-state index in [0.29, 0.717) is 16.9 Å². The van der Waals surface area contributed by atoms with Gasteiger partial charge in [-0.15, -0.1) is 0 Å². The molecule has 0 radical (unpaired) electrons. The zero-order valence-electron chi connectivity index (χ0n) is 19.8. The zero-order valence-corrected chi connectivity index (χ0v) is 20.6. The summed E-state index contributed by atoms with van der Waals surface area (Å²) in [5.41, 5.74) is 7.25. The van der Waals surface area contributed by atoms with Crippen molar-refractivity contribution in [1.82, 2.24) is 5.32 Å². The Labute approximate surface area is 205 Å². The van der Waals surface area contributed by atoms with E-state index in [1.165, 1.54) is 19.4 Å². The van der Waals surface area contributed by atoms with Gasteiger partial charge in [-0.1, -0.05) is 61.2 Å². The Hall–Kier alpha value is -4.04. The first-order valence-electron chi connectivity index (χ1n) is 10.9. The topological polar surface area (TPSA) is 102 Å². The zero-order chi connectivity index (χ0) is 25.4. The molecule has 7 nitrogen and oxygen atoms in total. The van der Waals surface area contributed by atoms with Gasteiger partial charge >= 0.3 is 0 Å². The number of sulfonamides is 1. The van der Waals surface area contributed by atoms with Crippen LogP contribution in [0.5, 0.6) is 5.75 Å². The van der Waals surface area contributed by atoms with Crippen LogP contribution in [0.25, 0.3) is 12.7 Å². The maximum absolute atomic E-state index is 13.7. The Morgan fingerprint density at radius 2 is 1.71 bits per heavy atom. The van der Waals surface area contributed by atoms with Crippen molar-refractivity contribution < 1.29 is 17.9 Å². The number of carbonyl (C=O) groups is 1. The summed E-state index contributed by atoms with van der Waals surface area (Å²) in [4.78, 5) is 13.1. The first kappa shape index (κ1) is 25.6. The molecule has 3 aromatic carbocycles. The molecule has 0 spiro atoms. The van der Waals surface area contributed by atoms with Crippen LogP contribution in [0.1, 0.15) is 5.56 Å². The van der Waals surface area contributed by atoms with Crippen molar-refractivity contribution >= 4 is 34.3 Å². The van der Waals surface area contributed by atoms with Crippen LogP contribution in [0.4, 0.5) is 5.69 Å². The summed E-state index contributed by atoms with van der Waals surface area (Å²) < 4.78 is 33.8. The molecule has 1 amide bonds. The third-order valence-electron chi connectivity index (χ3n) is 5.40. The molecule has 35 heavy (non-hydrogen) atoms. The number of anilines is 1. The van der Waals surface area contributed by atoms with E-state index >= 15 is 0 Å². The van der Waals surface area contributed by atoms with Gasteiger partial charge < -0.3 is 15.8 Å². The quantitative estimate of drug-likeness (QED) is 0.477. The summed E-state index contributed by atoms with van der Waals surface area (Å²) in [5.74, 6) is -0.163. The van der Waals surface area contributed by atoms with Crippen LogP contribution in [-0.4, -0.2) is 34.5 Å². The van der Waals surface area contributed by atoms with Gasteiger partial charge in [0.1, 0.15) is 12.3 Å². The summed E-state index contributed by atoms with van der Waals surface area (Å²) in [6.07, 6.45) is 3.22. The van der Waals surface area contributed by atoms with Crippen LogP contribution >= 0.6 is 0 Å². The number of para-hydroxylation sites is 2. The fourth-order valence-corrected chi connectivity index (χ4v) is 5.18. The van der Waals surface area contributed by atoms with E-state index in [1.54, 1.807) is 49.4 Å². The van der Waals surface area contributed by atoms with Crippen molar-refractivity contribution in [2.24, 2.45) is 5.73 Å². The van der Waals surface area contributed by atoms with E-state index in [0.717, 1.165) is 14.7 Å². The second-order valence-electron chi connectivity index (χ2n) is 7.81. The van der Waals surface area contributed by atoms with E-state index in [9.17, 15) is 13.2 Å². The fourth-order valence-electron chi connectivity index (χ4n) is 3.52. The largest absolute Gasteiger partial charge is 0.495 e. The molecule has 8 heteroatoms. The third-order valence-corrected chi connectivity index (χ3v) is 7.32. The molecule has 0 saturated heterocycles. The molecular formula is C27H29N3O4S. The number of amides is 1. The Bertz CT molecular complexity index is 1450. The minimum atomic E-state index is -4.07. The number of rotatable bonds is 9. The lowest BCUT2D eigenvalue weighted by atomic mass is 10.2. The molecule has 3 aromatic rings. The van der Waals surface area contributed by atoms with Gasteiger partial charge in [-0.3, -0.25) is 9.10 Å². The first-order valence-corrected chi connectivity index (χ1v) is 12.4. The number of hydrogen-bond donors (Lipinski definition) is 2. The van der Waals surface area contributed by atoms with Crippen LogP contribution < -0.4 is 30.5 Å². The molecule has 3 N–H and O–H groups in total. The number of nitrogens with two attached hydrogens (primary N) is 1. The standard InChI is InChI=1S/C27H29N3O4S/c1-20-10-4-6-12-23(20)16-22(17-28)18-29-27(31)19-30(24-13-7-8-14-25(24)34-3)35(32,33)26-15-9-5-11-21(26)2/h4-17H,1,18-19,28H2,2-3H3,(H,29,31)/b22-17+,23-16-. The normalized spacial score (nSPS) is 12.3. The second-order valence-corrected chi connectivity index (χ2v) is 9.64. The van der Waals surface area contributed by atoms with Crippen molar-refractivity contribution in [2.75, 3.05) is 24.5 Å². The number of benzene rings is 3. The van der Waals surface area contributed by atoms with Crippen LogP contribution in [0.2, 0.25) is 0 Å². The molecule has 0 aliphatic rings. The fraction of sp³-hybridized carbons (Fsp3) is 0.148. The van der Waals surface area contributed by atoms with Gasteiger partial charge in [-0.25, -0.2) is 8.42 Å². The van der Waals surface area contributed by atoms with Gasteiger partial charge in [0.15, 0.2) is 0 Å². The molecule has 3 rings (SSSR count). The third kappa shape index (κ3) is 6.10. The van der Waals surface area contributed by atoms with Gasteiger partial charge in [0.25, 0.3) is 10.0 Å². The molecule has 0 bridgehead atoms. The molecular weight excluding hydrogens is 462 g/mol. The van der Waals surface area contributed by atoms with Gasteiger partial charge in [0.2, 0.25) is 5.91 Å². The second kappa shape index (κ2) is 11.4. The lowest BCUT2D eigenvalue weighted by molar-refractivity contribution is -0.119. The number of nitrogens with zero attached hydrogens (tertiary/aromatic N) is 1. The molecule has 0 aliphatic carbocycles. The molecule has 0 saturated carbocycles. The van der Waals surface area contributed by atoms with Crippen LogP contribution in [0, 0.1) is 6.92 Å². The summed E-state index contributed by atoms with van der Waals surface area (Å²) in [7, 11) is -2.62. The summed E-state index contributed by atoms with van der Waals surface area (Å²) in [6, 6.07) is 20.8. The molecule has 182 valence electrons. The predicted octanol–water partition coefficient (Wildman–Crippen LogP) is 2.05. The average molecular weight is 492 g/mol. The van der Waals surface area contributed by atoms with Crippen molar-refractivity contribution in [3.63, 3.8) is 0 Å². The highest BCUT2D eigenvalue weighted by atomic mass is 32.2. The highest BCUT2D eigenvalue weighted by molar-refractivity contribution is 7.93. The molecule has 0 aromatic heterocycles. The van der Waals surface area contributed by atoms with Crippen molar-refractivity contribution in [3.05, 3.63) is 101 Å². The summed E-state index contributed by atoms with van der Waals surface area (Å²) in [5, 5.41) is 4.46. The minimum Gasteiger partial charge on any atom is -0.495 e. The van der Waals surface area contributed by atoms with E-state index in [1.807, 2.05) is 30.3 Å². The Morgan fingerprint density at radius 3 is 2.40 bits per heavy atom. The molecule has 0 atom stereocenters. The van der Waals surface area contributed by atoms with Crippen LogP contribution in [-0.2, 0) is 14.8 Å². The van der Waals surface area contributed by atoms with Gasteiger partial charge in [0.05, 0.1) is 17.7 Å². The number of aryl methyl sites for hydroxylation is 1.